The summed E-state index contributed by atoms with van der Waals surface area (Å²) in [5, 5.41) is 12.1. The van der Waals surface area contributed by atoms with E-state index in [1.54, 1.807) is 12.1 Å². The Bertz CT molecular complexity index is 1220. The van der Waals surface area contributed by atoms with Gasteiger partial charge in [0.25, 0.3) is 5.91 Å². The van der Waals surface area contributed by atoms with Crippen LogP contribution in [0.5, 0.6) is 5.75 Å². The van der Waals surface area contributed by atoms with Gasteiger partial charge in [0, 0.05) is 41.6 Å². The number of nitrogens with one attached hydrogen (secondary N) is 1. The average molecular weight is 632 g/mol. The van der Waals surface area contributed by atoms with Crippen LogP contribution in [0.3, 0.4) is 0 Å². The van der Waals surface area contributed by atoms with Crippen molar-refractivity contribution in [2.45, 2.75) is 84.5 Å². The molecule has 2 atom stereocenters. The van der Waals surface area contributed by atoms with Crippen molar-refractivity contribution in [2.24, 2.45) is 10.4 Å². The van der Waals surface area contributed by atoms with Gasteiger partial charge in [-0.1, -0.05) is 54.9 Å². The van der Waals surface area contributed by atoms with Crippen LogP contribution in [-0.4, -0.2) is 53.8 Å². The minimum Gasteiger partial charge on any atom is -0.494 e. The summed E-state index contributed by atoms with van der Waals surface area (Å²) < 4.78 is 18.5. The molecule has 0 aliphatic carbocycles. The highest BCUT2D eigenvalue weighted by molar-refractivity contribution is 9.10. The number of aliphatic hydroxyl groups excluding tert-OH is 1. The van der Waals surface area contributed by atoms with Crippen LogP contribution in [0, 0.1) is 5.41 Å². The zero-order valence-corrected chi connectivity index (χ0v) is 26.5. The molecule has 8 nitrogen and oxygen atoms in total. The van der Waals surface area contributed by atoms with E-state index in [1.165, 1.54) is 0 Å². The van der Waals surface area contributed by atoms with Crippen molar-refractivity contribution in [1.82, 2.24) is 5.32 Å². The summed E-state index contributed by atoms with van der Waals surface area (Å²) in [7, 11) is 0. The third-order valence-electron chi connectivity index (χ3n) is 6.51. The molecule has 0 spiro atoms. The van der Waals surface area contributed by atoms with E-state index in [2.05, 4.69) is 42.0 Å². The van der Waals surface area contributed by atoms with Gasteiger partial charge in [-0.3, -0.25) is 9.59 Å². The van der Waals surface area contributed by atoms with Crippen LogP contribution in [-0.2, 0) is 19.1 Å². The number of hydrogen-bond donors (Lipinski definition) is 2. The normalized spacial score (nSPS) is 18.8. The highest BCUT2D eigenvalue weighted by atomic mass is 79.9. The van der Waals surface area contributed by atoms with Crippen LogP contribution in [0.4, 0.5) is 0 Å². The number of carbonyl (C=O) groups is 2. The van der Waals surface area contributed by atoms with Crippen molar-refractivity contribution in [3.63, 3.8) is 0 Å². The highest BCUT2D eigenvalue weighted by Crippen LogP contribution is 2.45. The van der Waals surface area contributed by atoms with Crippen molar-refractivity contribution in [1.29, 1.82) is 0 Å². The first-order chi connectivity index (χ1) is 19.2. The van der Waals surface area contributed by atoms with E-state index in [9.17, 15) is 9.59 Å². The number of carbonyl (C=O) groups excluding carboxylic acids is 2. The van der Waals surface area contributed by atoms with E-state index < -0.39 is 23.2 Å². The molecule has 0 fully saturated rings. The molecule has 1 heterocycles. The zero-order chi connectivity index (χ0) is 30.3. The topological polar surface area (TPSA) is 106 Å². The molecule has 0 saturated carbocycles. The maximum Gasteiger partial charge on any atom is 0.306 e. The summed E-state index contributed by atoms with van der Waals surface area (Å²) in [6, 6.07) is 14.8. The number of nitrogens with zero attached hydrogens (tertiary/aromatic N) is 1. The zero-order valence-electron chi connectivity index (χ0n) is 25.0. The van der Waals surface area contributed by atoms with Gasteiger partial charge in [0.05, 0.1) is 6.61 Å². The summed E-state index contributed by atoms with van der Waals surface area (Å²) >= 11 is 3.63. The van der Waals surface area contributed by atoms with Crippen molar-refractivity contribution < 1.29 is 28.9 Å². The number of amides is 1. The number of aliphatic hydroxyl groups is 1. The fourth-order valence-corrected chi connectivity index (χ4v) is 4.92. The van der Waals surface area contributed by atoms with Gasteiger partial charge in [0.2, 0.25) is 5.90 Å². The predicted molar refractivity (Wildman–Crippen MR) is 163 cm³/mol. The first-order valence-corrected chi connectivity index (χ1v) is 14.9. The van der Waals surface area contributed by atoms with E-state index in [1.807, 2.05) is 57.2 Å². The molecular formula is C32H43BrN2O6. The quantitative estimate of drug-likeness (QED) is 0.215. The molecule has 2 aromatic rings. The second-order valence-electron chi connectivity index (χ2n) is 12.5. The lowest BCUT2D eigenvalue weighted by molar-refractivity contribution is -0.155. The first-order valence-electron chi connectivity index (χ1n) is 14.1. The Balaban J connectivity index is 2.02. The molecular weight excluding hydrogens is 588 g/mol. The third kappa shape index (κ3) is 9.30. The number of hydrogen-bond acceptors (Lipinski definition) is 7. The highest BCUT2D eigenvalue weighted by Gasteiger charge is 2.53. The summed E-state index contributed by atoms with van der Waals surface area (Å²) in [6.45, 7) is 12.7. The van der Waals surface area contributed by atoms with Gasteiger partial charge in [0.15, 0.2) is 11.6 Å². The van der Waals surface area contributed by atoms with Gasteiger partial charge in [-0.05, 0) is 69.4 Å². The number of aliphatic imine (C=N–C) groups is 1. The van der Waals surface area contributed by atoms with Gasteiger partial charge in [-0.25, -0.2) is 4.99 Å². The molecule has 1 amide bonds. The summed E-state index contributed by atoms with van der Waals surface area (Å²) in [4.78, 5) is 31.9. The third-order valence-corrected chi connectivity index (χ3v) is 7.23. The van der Waals surface area contributed by atoms with Crippen LogP contribution in [0.1, 0.15) is 84.5 Å². The Morgan fingerprint density at radius 2 is 1.76 bits per heavy atom. The average Bonchev–Trinajstić information content (AvgIpc) is 3.27. The van der Waals surface area contributed by atoms with Gasteiger partial charge in [0.1, 0.15) is 11.4 Å². The smallest absolute Gasteiger partial charge is 0.306 e. The molecule has 0 unspecified atom stereocenters. The van der Waals surface area contributed by atoms with Crippen molar-refractivity contribution in [3.05, 3.63) is 64.1 Å². The molecule has 1 aliphatic heterocycles. The van der Waals surface area contributed by atoms with Crippen LogP contribution in [0.15, 0.2) is 58.0 Å². The second-order valence-corrected chi connectivity index (χ2v) is 13.3. The number of esters is 1. The largest absolute Gasteiger partial charge is 0.494 e. The molecule has 0 bridgehead atoms. The monoisotopic (exact) mass is 630 g/mol. The molecule has 0 aromatic heterocycles. The number of rotatable bonds is 12. The van der Waals surface area contributed by atoms with Crippen molar-refractivity contribution in [3.8, 4) is 5.75 Å². The Kier molecular flexibility index (Phi) is 11.0. The van der Waals surface area contributed by atoms with Crippen LogP contribution < -0.4 is 10.1 Å². The van der Waals surface area contributed by atoms with Gasteiger partial charge >= 0.3 is 5.97 Å². The minimum absolute atomic E-state index is 0.0112. The minimum atomic E-state index is -1.41. The van der Waals surface area contributed by atoms with Gasteiger partial charge < -0.3 is 24.6 Å². The van der Waals surface area contributed by atoms with Crippen LogP contribution >= 0.6 is 15.9 Å². The molecule has 0 radical (unpaired) electrons. The molecule has 3 rings (SSSR count). The van der Waals surface area contributed by atoms with E-state index in [4.69, 9.17) is 24.3 Å². The lowest BCUT2D eigenvalue weighted by atomic mass is 9.83. The Morgan fingerprint density at radius 1 is 1.07 bits per heavy atom. The van der Waals surface area contributed by atoms with E-state index in [0.717, 1.165) is 16.5 Å². The second kappa shape index (κ2) is 13.8. The van der Waals surface area contributed by atoms with Crippen molar-refractivity contribution in [2.75, 3.05) is 19.8 Å². The standard InChI is InChI=1S/C32H43BrN2O6/c1-30(2,3)18-19-34-29(38)32(17-16-26(37)41-31(4,5)6)27(24-10-7-8-11-25(24)33)40-28(35-32)22-12-14-23(15-13-22)39-21-9-20-36/h7-8,10-15,27,36H,9,16-21H2,1-6H3,(H,34,38)/t27-,32-/m1/s1. The molecule has 9 heteroatoms. The Labute approximate surface area is 252 Å². The first kappa shape index (κ1) is 32.6. The maximum absolute atomic E-state index is 14.1. The molecule has 224 valence electrons. The fourth-order valence-electron chi connectivity index (χ4n) is 4.42. The predicted octanol–water partition coefficient (Wildman–Crippen LogP) is 6.14. The number of ether oxygens (including phenoxy) is 3. The molecule has 0 saturated heterocycles. The SMILES string of the molecule is CC(C)(C)CCNC(=O)[C@]1(CCC(=O)OC(C)(C)C)N=C(c2ccc(OCCCO)cc2)O[C@@H]1c1ccccc1Br. The van der Waals surface area contributed by atoms with E-state index in [0.29, 0.717) is 36.8 Å². The molecule has 41 heavy (non-hydrogen) atoms. The molecule has 1 aliphatic rings. The van der Waals surface area contributed by atoms with Crippen molar-refractivity contribution >= 4 is 33.7 Å². The van der Waals surface area contributed by atoms with Crippen LogP contribution in [0.25, 0.3) is 0 Å². The van der Waals surface area contributed by atoms with E-state index in [-0.39, 0.29) is 30.8 Å². The Hall–Kier alpha value is -2.91. The van der Waals surface area contributed by atoms with E-state index >= 15 is 0 Å². The summed E-state index contributed by atoms with van der Waals surface area (Å²) in [5.74, 6) is 0.255. The van der Waals surface area contributed by atoms with Gasteiger partial charge in [-0.2, -0.15) is 0 Å². The molecule has 2 N–H and O–H groups in total. The lowest BCUT2D eigenvalue weighted by Crippen LogP contribution is -2.49. The lowest BCUT2D eigenvalue weighted by Gasteiger charge is -2.31. The fraction of sp³-hybridized carbons (Fsp3) is 0.531. The number of halogens is 1. The maximum atomic E-state index is 14.1. The summed E-state index contributed by atoms with van der Waals surface area (Å²) in [5.41, 5.74) is -0.600. The Morgan fingerprint density at radius 3 is 2.37 bits per heavy atom. The molecule has 2 aromatic carbocycles. The summed E-state index contributed by atoms with van der Waals surface area (Å²) in [6.07, 6.45) is 0.612. The number of benzene rings is 2. The van der Waals surface area contributed by atoms with Crippen LogP contribution in [0.2, 0.25) is 0 Å². The van der Waals surface area contributed by atoms with Gasteiger partial charge in [-0.15, -0.1) is 0 Å².